The smallest absolute Gasteiger partial charge is 0.269 e. The Morgan fingerprint density at radius 2 is 1.63 bits per heavy atom. The van der Waals surface area contributed by atoms with Crippen molar-refractivity contribution >= 4 is 23.4 Å². The lowest BCUT2D eigenvalue weighted by atomic mass is 9.55. The van der Waals surface area contributed by atoms with E-state index in [1.54, 1.807) is 29.2 Å². The van der Waals surface area contributed by atoms with Crippen LogP contribution in [0, 0.1) is 27.9 Å². The van der Waals surface area contributed by atoms with Gasteiger partial charge in [-0.05, 0) is 108 Å². The van der Waals surface area contributed by atoms with Crippen molar-refractivity contribution in [3.8, 4) is 28.4 Å². The van der Waals surface area contributed by atoms with E-state index in [9.17, 15) is 30.2 Å². The molecule has 3 N–H and O–H groups in total. The van der Waals surface area contributed by atoms with Crippen LogP contribution in [0.5, 0.6) is 17.2 Å². The third-order valence-corrected chi connectivity index (χ3v) is 12.9. The minimum atomic E-state index is -1.51. The molecule has 67 heavy (non-hydrogen) atoms. The monoisotopic (exact) mass is 915 g/mol. The number of carbonyl (C=O) groups is 1. The molecule has 0 aromatic heterocycles. The second kappa shape index (κ2) is 23.5. The Labute approximate surface area is 391 Å². The number of amides is 1. The molecule has 7 rings (SSSR count). The van der Waals surface area contributed by atoms with Crippen LogP contribution in [0.1, 0.15) is 62.0 Å². The predicted octanol–water partition coefficient (Wildman–Crippen LogP) is 8.87. The molecule has 354 valence electrons. The van der Waals surface area contributed by atoms with Crippen LogP contribution in [-0.4, -0.2) is 102 Å². The highest BCUT2D eigenvalue weighted by molar-refractivity contribution is 6.03. The van der Waals surface area contributed by atoms with Gasteiger partial charge in [0.1, 0.15) is 30.4 Å². The van der Waals surface area contributed by atoms with Crippen LogP contribution in [0.25, 0.3) is 17.2 Å². The van der Waals surface area contributed by atoms with Crippen molar-refractivity contribution in [1.82, 2.24) is 4.90 Å². The Morgan fingerprint density at radius 3 is 2.31 bits per heavy atom. The van der Waals surface area contributed by atoms with Gasteiger partial charge in [0.15, 0.2) is 0 Å². The van der Waals surface area contributed by atoms with Gasteiger partial charge in [-0.25, -0.2) is 0 Å². The average molecular weight is 916 g/mol. The second-order valence-electron chi connectivity index (χ2n) is 17.0. The molecule has 0 saturated heterocycles. The summed E-state index contributed by atoms with van der Waals surface area (Å²) in [4.78, 5) is 32.9. The molecule has 1 amide bonds. The number of nitro benzene ring substituents is 1. The summed E-state index contributed by atoms with van der Waals surface area (Å²) in [6.45, 7) is 4.26. The fourth-order valence-electron chi connectivity index (χ4n) is 10.0. The van der Waals surface area contributed by atoms with Crippen LogP contribution in [0.4, 0.5) is 5.69 Å². The summed E-state index contributed by atoms with van der Waals surface area (Å²) in [5, 5.41) is 45.5. The molecule has 2 aliphatic carbocycles. The first-order chi connectivity index (χ1) is 32.7. The number of aliphatic hydroxyl groups is 3. The number of unbranched alkanes of at least 4 members (excludes halogenated alkanes) is 2. The molecule has 6 unspecified atom stereocenters. The Kier molecular flexibility index (Phi) is 17.1. The zero-order chi connectivity index (χ0) is 47.2. The summed E-state index contributed by atoms with van der Waals surface area (Å²) in [5.41, 5.74) is 5.11. The first kappa shape index (κ1) is 48.8. The van der Waals surface area contributed by atoms with E-state index in [4.69, 9.17) is 23.8 Å². The van der Waals surface area contributed by atoms with Crippen molar-refractivity contribution in [3.63, 3.8) is 0 Å². The van der Waals surface area contributed by atoms with Gasteiger partial charge < -0.3 is 44.0 Å². The molecule has 4 aromatic carbocycles. The number of fused-ring (bicyclic) bond motifs is 2. The maximum atomic E-state index is 14.8. The first-order valence-electron chi connectivity index (χ1n) is 23.1. The zero-order valence-corrected chi connectivity index (χ0v) is 38.0. The lowest BCUT2D eigenvalue weighted by Crippen LogP contribution is -2.70. The lowest BCUT2D eigenvalue weighted by molar-refractivity contribution is -0.384. The Morgan fingerprint density at radius 1 is 0.910 bits per heavy atom. The molecule has 0 radical (unpaired) electrons. The SMILES string of the molecule is C=CCOC12Oc3ccc(Oc4ccc(-c5ccccc5)cc4)cc3C3C(CCCCO)C(CCCCO)C=C(C(=NOC)CC1N(CCOCCO)C(=O)C=Cc1ccc([N+](=O)[O-])cc1)C32. The van der Waals surface area contributed by atoms with E-state index in [0.29, 0.717) is 41.4 Å². The fourth-order valence-corrected chi connectivity index (χ4v) is 10.0. The maximum Gasteiger partial charge on any atom is 0.269 e. The third-order valence-electron chi connectivity index (χ3n) is 12.9. The summed E-state index contributed by atoms with van der Waals surface area (Å²) in [6, 6.07) is 29.0. The number of nitro groups is 1. The number of benzene rings is 4. The molecule has 4 aromatic rings. The van der Waals surface area contributed by atoms with Crippen LogP contribution in [-0.2, 0) is 19.1 Å². The molecule has 14 nitrogen and oxygen atoms in total. The maximum absolute atomic E-state index is 14.8. The number of aliphatic hydroxyl groups excluding tert-OH is 3. The van der Waals surface area contributed by atoms with Crippen LogP contribution < -0.4 is 9.47 Å². The molecule has 0 bridgehead atoms. The summed E-state index contributed by atoms with van der Waals surface area (Å²) in [5.74, 6) is -0.857. The van der Waals surface area contributed by atoms with Crippen molar-refractivity contribution in [2.24, 2.45) is 22.9 Å². The average Bonchev–Trinajstić information content (AvgIpc) is 3.35. The van der Waals surface area contributed by atoms with E-state index >= 15 is 0 Å². The number of hydrogen-bond acceptors (Lipinski definition) is 12. The Balaban J connectivity index is 1.37. The number of carbonyl (C=O) groups excluding carboxylic acids is 1. The highest BCUT2D eigenvalue weighted by Gasteiger charge is 2.65. The van der Waals surface area contributed by atoms with Gasteiger partial charge in [0.25, 0.3) is 5.69 Å². The number of oxime groups is 1. The minimum Gasteiger partial charge on any atom is -0.459 e. The predicted molar refractivity (Wildman–Crippen MR) is 256 cm³/mol. The van der Waals surface area contributed by atoms with Crippen molar-refractivity contribution in [3.05, 3.63) is 149 Å². The van der Waals surface area contributed by atoms with Crippen LogP contribution >= 0.6 is 0 Å². The molecular weight excluding hydrogens is 855 g/mol. The number of nitrogens with zero attached hydrogens (tertiary/aromatic N) is 3. The van der Waals surface area contributed by atoms with Gasteiger partial charge in [0, 0.05) is 55.9 Å². The molecule has 14 heteroatoms. The van der Waals surface area contributed by atoms with Crippen molar-refractivity contribution in [1.29, 1.82) is 0 Å². The highest BCUT2D eigenvalue weighted by atomic mass is 16.7. The van der Waals surface area contributed by atoms with E-state index in [1.165, 1.54) is 25.3 Å². The summed E-state index contributed by atoms with van der Waals surface area (Å²) in [6.07, 6.45) is 11.5. The molecule has 0 spiro atoms. The van der Waals surface area contributed by atoms with Crippen LogP contribution in [0.3, 0.4) is 0 Å². The van der Waals surface area contributed by atoms with E-state index in [2.05, 4.69) is 29.9 Å². The largest absolute Gasteiger partial charge is 0.459 e. The Hall–Kier alpha value is -6.16. The van der Waals surface area contributed by atoms with E-state index in [-0.39, 0.29) is 76.0 Å². The molecule has 1 fully saturated rings. The minimum absolute atomic E-state index is 0.00429. The van der Waals surface area contributed by atoms with Gasteiger partial charge in [-0.2, -0.15) is 0 Å². The standard InChI is InChI=1S/C53H61N3O11/c1-3-31-65-53-49(55(27-32-64-33-30-59)50(60)26-17-37-15-20-41(21-16-37)56(61)62)36-47(54-63-2)45-34-40(13-7-9-28-57)44(14-8-10-29-58)51(52(45)53)46-35-43(24-25-48(46)67-53)66-42-22-18-39(19-23-42)38-11-5-4-6-12-38/h3-6,11-12,15-26,34-35,40,44,49,51-52,57-59H,1,7-10,13-14,27-33,36H2,2H3. The normalized spacial score (nSPS) is 22.3. The topological polar surface area (TPSA) is 183 Å². The lowest BCUT2D eigenvalue weighted by Gasteiger charge is -2.60. The van der Waals surface area contributed by atoms with E-state index < -0.39 is 28.6 Å². The first-order valence-corrected chi connectivity index (χ1v) is 23.1. The second-order valence-corrected chi connectivity index (χ2v) is 17.0. The number of rotatable bonds is 24. The van der Waals surface area contributed by atoms with Crippen LogP contribution in [0.2, 0.25) is 0 Å². The van der Waals surface area contributed by atoms with Crippen molar-refractivity contribution < 1.29 is 48.8 Å². The fraction of sp³-hybridized carbons (Fsp3) is 0.396. The zero-order valence-electron chi connectivity index (χ0n) is 38.0. The molecule has 3 aliphatic rings. The van der Waals surface area contributed by atoms with Gasteiger partial charge in [-0.3, -0.25) is 14.9 Å². The number of non-ortho nitro benzene ring substituents is 1. The Bertz CT molecular complexity index is 2370. The summed E-state index contributed by atoms with van der Waals surface area (Å²) >= 11 is 0. The van der Waals surface area contributed by atoms with Crippen molar-refractivity contribution in [2.45, 2.75) is 62.7 Å². The number of hydrogen-bond donors (Lipinski definition) is 3. The van der Waals surface area contributed by atoms with Crippen LogP contribution in [0.15, 0.2) is 133 Å². The molecule has 1 heterocycles. The molecule has 1 saturated carbocycles. The van der Waals surface area contributed by atoms with E-state index in [0.717, 1.165) is 47.9 Å². The van der Waals surface area contributed by atoms with E-state index in [1.807, 2.05) is 60.7 Å². The molecule has 6 atom stereocenters. The molecular formula is C53H61N3O11. The van der Waals surface area contributed by atoms with Gasteiger partial charge in [0.2, 0.25) is 11.7 Å². The van der Waals surface area contributed by atoms with Gasteiger partial charge in [0.05, 0.1) is 43.0 Å². The number of ether oxygens (including phenoxy) is 4. The van der Waals surface area contributed by atoms with Gasteiger partial charge >= 0.3 is 0 Å². The summed E-state index contributed by atoms with van der Waals surface area (Å²) < 4.78 is 26.8. The summed E-state index contributed by atoms with van der Waals surface area (Å²) in [7, 11) is 1.50. The quantitative estimate of drug-likeness (QED) is 0.0201. The number of allylic oxidation sites excluding steroid dienone is 1. The van der Waals surface area contributed by atoms with Crippen molar-refractivity contribution in [2.75, 3.05) is 53.3 Å². The molecule has 1 aliphatic heterocycles. The highest BCUT2D eigenvalue weighted by Crippen LogP contribution is 2.62. The van der Waals surface area contributed by atoms with Gasteiger partial charge in [-0.1, -0.05) is 72.6 Å². The third kappa shape index (κ3) is 11.3. The van der Waals surface area contributed by atoms with Gasteiger partial charge in [-0.15, -0.1) is 6.58 Å².